The SMILES string of the molecule is CC(Cc1ccc(OC(=O)c2ccc(CO[N+](=O)[O-])cc2)c(OC(=O)c2ccc(CO[N+](=O)[O-])cc2)c1)(NC(=O)c1ccc(CO[N+](=O)[O-])cc1)C(=O)O. The number of aliphatic carboxylic acids is 1. The van der Waals surface area contributed by atoms with Crippen LogP contribution in [0.4, 0.5) is 0 Å². The largest absolute Gasteiger partial charge is 0.480 e. The van der Waals surface area contributed by atoms with Crippen molar-refractivity contribution >= 4 is 23.8 Å². The van der Waals surface area contributed by atoms with Gasteiger partial charge in [-0.3, -0.25) is 4.79 Å². The normalized spacial score (nSPS) is 11.6. The van der Waals surface area contributed by atoms with Crippen LogP contribution in [0.1, 0.15) is 60.3 Å². The lowest BCUT2D eigenvalue weighted by Gasteiger charge is -2.27. The highest BCUT2D eigenvalue weighted by Gasteiger charge is 2.36. The molecule has 20 heteroatoms. The third-order valence-electron chi connectivity index (χ3n) is 7.44. The van der Waals surface area contributed by atoms with E-state index in [1.807, 2.05) is 0 Å². The zero-order chi connectivity index (χ0) is 39.4. The first-order chi connectivity index (χ1) is 25.6. The molecule has 4 aromatic rings. The van der Waals surface area contributed by atoms with Gasteiger partial charge in [0.1, 0.15) is 25.4 Å². The van der Waals surface area contributed by atoms with Gasteiger partial charge in [-0.2, -0.15) is 0 Å². The summed E-state index contributed by atoms with van der Waals surface area (Å²) in [4.78, 5) is 96.2. The van der Waals surface area contributed by atoms with Gasteiger partial charge >= 0.3 is 17.9 Å². The van der Waals surface area contributed by atoms with Crippen LogP contribution >= 0.6 is 0 Å². The molecule has 4 aromatic carbocycles. The molecule has 0 bridgehead atoms. The molecular formula is C34H28N4O16. The fourth-order valence-electron chi connectivity index (χ4n) is 4.66. The molecule has 0 aliphatic rings. The molecular weight excluding hydrogens is 720 g/mol. The number of carboxylic acid groups (broad SMARTS) is 1. The summed E-state index contributed by atoms with van der Waals surface area (Å²) >= 11 is 0. The van der Waals surface area contributed by atoms with Crippen LogP contribution < -0.4 is 14.8 Å². The molecule has 0 aromatic heterocycles. The number of benzene rings is 4. The lowest BCUT2D eigenvalue weighted by molar-refractivity contribution is -0.763. The molecule has 0 radical (unpaired) electrons. The van der Waals surface area contributed by atoms with Gasteiger partial charge in [0, 0.05) is 12.0 Å². The highest BCUT2D eigenvalue weighted by atomic mass is 17.0. The number of rotatable bonds is 18. The van der Waals surface area contributed by atoms with Crippen molar-refractivity contribution in [2.75, 3.05) is 0 Å². The molecule has 0 heterocycles. The molecule has 1 amide bonds. The second-order valence-electron chi connectivity index (χ2n) is 11.4. The van der Waals surface area contributed by atoms with Crippen molar-refractivity contribution in [2.24, 2.45) is 0 Å². The zero-order valence-electron chi connectivity index (χ0n) is 27.9. The van der Waals surface area contributed by atoms with E-state index >= 15 is 0 Å². The van der Waals surface area contributed by atoms with Crippen molar-refractivity contribution in [3.8, 4) is 11.5 Å². The molecule has 0 saturated carbocycles. The fraction of sp³-hybridized carbons (Fsp3) is 0.176. The van der Waals surface area contributed by atoms with E-state index in [1.165, 1.54) is 97.9 Å². The van der Waals surface area contributed by atoms with Gasteiger partial charge in [-0.15, -0.1) is 30.3 Å². The lowest BCUT2D eigenvalue weighted by atomic mass is 9.92. The Morgan fingerprint density at radius 3 is 1.35 bits per heavy atom. The molecule has 280 valence electrons. The Morgan fingerprint density at radius 1 is 0.593 bits per heavy atom. The maximum absolute atomic E-state index is 13.2. The van der Waals surface area contributed by atoms with Crippen molar-refractivity contribution in [3.05, 3.63) is 160 Å². The van der Waals surface area contributed by atoms with E-state index in [1.54, 1.807) is 0 Å². The van der Waals surface area contributed by atoms with Crippen molar-refractivity contribution in [1.82, 2.24) is 5.32 Å². The first-order valence-electron chi connectivity index (χ1n) is 15.3. The number of carbonyl (C=O) groups is 4. The standard InChI is InChI=1S/C34H28N4O16/c1-34(33(42)43,35-30(39)25-9-2-21(3-10-25)18-50-36(44)45)17-24-8-15-28(53-31(40)26-11-4-22(5-12-26)19-51-37(46)47)29(16-24)54-32(41)27-13-6-23(7-14-27)20-52-38(48)49/h2-16H,17-20H2,1H3,(H,35,39)(H,42,43). The number of hydrogen-bond donors (Lipinski definition) is 2. The number of esters is 2. The number of carbonyl (C=O) groups excluding carboxylic acids is 3. The zero-order valence-corrected chi connectivity index (χ0v) is 27.9. The first-order valence-corrected chi connectivity index (χ1v) is 15.3. The van der Waals surface area contributed by atoms with E-state index in [2.05, 4.69) is 19.8 Å². The minimum atomic E-state index is -1.95. The highest BCUT2D eigenvalue weighted by Crippen LogP contribution is 2.32. The summed E-state index contributed by atoms with van der Waals surface area (Å²) < 4.78 is 11.1. The van der Waals surface area contributed by atoms with Crippen LogP contribution in [-0.2, 0) is 45.5 Å². The number of nitrogens with one attached hydrogen (secondary N) is 1. The van der Waals surface area contributed by atoms with E-state index in [4.69, 9.17) is 9.47 Å². The van der Waals surface area contributed by atoms with Gasteiger partial charge in [0.25, 0.3) is 21.2 Å². The molecule has 0 aliphatic heterocycles. The van der Waals surface area contributed by atoms with Gasteiger partial charge < -0.3 is 34.4 Å². The number of carboxylic acids is 1. The number of amides is 1. The Morgan fingerprint density at radius 2 is 0.963 bits per heavy atom. The van der Waals surface area contributed by atoms with Gasteiger partial charge in [-0.25, -0.2) is 14.4 Å². The van der Waals surface area contributed by atoms with Crippen LogP contribution in [-0.4, -0.2) is 49.7 Å². The Balaban J connectivity index is 1.58. The smallest absolute Gasteiger partial charge is 0.343 e. The molecule has 20 nitrogen and oxygen atoms in total. The lowest BCUT2D eigenvalue weighted by Crippen LogP contribution is -2.53. The van der Waals surface area contributed by atoms with Crippen molar-refractivity contribution in [3.63, 3.8) is 0 Å². The third-order valence-corrected chi connectivity index (χ3v) is 7.44. The van der Waals surface area contributed by atoms with Crippen LogP contribution in [0, 0.1) is 30.3 Å². The van der Waals surface area contributed by atoms with Crippen LogP contribution in [0.2, 0.25) is 0 Å². The van der Waals surface area contributed by atoms with E-state index in [-0.39, 0.29) is 60.0 Å². The van der Waals surface area contributed by atoms with E-state index in [0.29, 0.717) is 16.7 Å². The van der Waals surface area contributed by atoms with Crippen molar-refractivity contribution < 1.29 is 63.5 Å². The predicted molar refractivity (Wildman–Crippen MR) is 178 cm³/mol. The maximum Gasteiger partial charge on any atom is 0.343 e. The molecule has 0 aliphatic carbocycles. The summed E-state index contributed by atoms with van der Waals surface area (Å²) in [5, 5.41) is 41.1. The van der Waals surface area contributed by atoms with Crippen LogP contribution in [0.15, 0.2) is 91.0 Å². The number of ether oxygens (including phenoxy) is 2. The third kappa shape index (κ3) is 11.2. The molecule has 4 rings (SSSR count). The van der Waals surface area contributed by atoms with Gasteiger partial charge in [0.15, 0.2) is 11.5 Å². The molecule has 0 saturated heterocycles. The van der Waals surface area contributed by atoms with E-state index in [9.17, 15) is 54.6 Å². The Kier molecular flexibility index (Phi) is 12.7. The number of nitrogens with zero attached hydrogens (tertiary/aromatic N) is 3. The van der Waals surface area contributed by atoms with Gasteiger partial charge in [0.2, 0.25) is 0 Å². The number of hydrogen-bond acceptors (Lipinski definition) is 15. The Labute approximate surface area is 303 Å². The van der Waals surface area contributed by atoms with Crippen LogP contribution in [0.25, 0.3) is 0 Å². The second kappa shape index (κ2) is 17.5. The summed E-state index contributed by atoms with van der Waals surface area (Å²) in [6, 6.07) is 20.1. The molecule has 2 N–H and O–H groups in total. The summed E-state index contributed by atoms with van der Waals surface area (Å²) in [6.45, 7) is 0.128. The van der Waals surface area contributed by atoms with E-state index in [0.717, 1.165) is 0 Å². The van der Waals surface area contributed by atoms with Gasteiger partial charge in [0.05, 0.1) is 11.1 Å². The van der Waals surface area contributed by atoms with Crippen LogP contribution in [0.3, 0.4) is 0 Å². The van der Waals surface area contributed by atoms with E-state index < -0.39 is 44.6 Å². The predicted octanol–water partition coefficient (Wildman–Crippen LogP) is 4.07. The average molecular weight is 749 g/mol. The summed E-state index contributed by atoms with van der Waals surface area (Å²) in [6.07, 6.45) is -0.375. The summed E-state index contributed by atoms with van der Waals surface area (Å²) in [5.74, 6) is -4.69. The van der Waals surface area contributed by atoms with Crippen LogP contribution in [0.5, 0.6) is 11.5 Å². The molecule has 54 heavy (non-hydrogen) atoms. The highest BCUT2D eigenvalue weighted by molar-refractivity contribution is 5.98. The van der Waals surface area contributed by atoms with Gasteiger partial charge in [-0.1, -0.05) is 42.5 Å². The average Bonchev–Trinajstić information content (AvgIpc) is 3.13. The Bertz CT molecular complexity index is 2050. The monoisotopic (exact) mass is 748 g/mol. The summed E-state index contributed by atoms with van der Waals surface area (Å²) in [7, 11) is 0. The topological polar surface area (TPSA) is 276 Å². The Hall–Kier alpha value is -7.64. The molecule has 0 fully saturated rings. The molecule has 0 spiro atoms. The van der Waals surface area contributed by atoms with Crippen molar-refractivity contribution in [2.45, 2.75) is 38.7 Å². The molecule has 1 atom stereocenters. The molecule has 1 unspecified atom stereocenters. The minimum absolute atomic E-state index is 0.00763. The van der Waals surface area contributed by atoms with Crippen molar-refractivity contribution in [1.29, 1.82) is 0 Å². The van der Waals surface area contributed by atoms with Gasteiger partial charge in [-0.05, 0) is 77.7 Å². The first kappa shape index (κ1) is 39.2. The minimum Gasteiger partial charge on any atom is -0.480 e. The fourth-order valence-corrected chi connectivity index (χ4v) is 4.66. The second-order valence-corrected chi connectivity index (χ2v) is 11.4. The quantitative estimate of drug-likeness (QED) is 0.0628. The maximum atomic E-state index is 13.2. The summed E-state index contributed by atoms with van der Waals surface area (Å²) in [5.41, 5.74) is -0.590.